The molecule has 7 heteroatoms. The van der Waals surface area contributed by atoms with Gasteiger partial charge in [-0.2, -0.15) is 0 Å². The summed E-state index contributed by atoms with van der Waals surface area (Å²) in [5.74, 6) is -0.467. The minimum atomic E-state index is -0.826. The summed E-state index contributed by atoms with van der Waals surface area (Å²) in [4.78, 5) is 24.4. The van der Waals surface area contributed by atoms with E-state index in [0.717, 1.165) is 30.8 Å². The molecule has 3 N–H and O–H groups in total. The summed E-state index contributed by atoms with van der Waals surface area (Å²) in [6.45, 7) is 3.46. The molecule has 0 saturated carbocycles. The van der Waals surface area contributed by atoms with Crippen LogP contribution in [-0.2, 0) is 20.7 Å². The van der Waals surface area contributed by atoms with Crippen LogP contribution in [0.3, 0.4) is 0 Å². The van der Waals surface area contributed by atoms with Gasteiger partial charge in [-0.25, -0.2) is 0 Å². The quantitative estimate of drug-likeness (QED) is 0.722. The van der Waals surface area contributed by atoms with Gasteiger partial charge in [-0.3, -0.25) is 9.59 Å². The molecule has 0 aliphatic carbocycles. The lowest BCUT2D eigenvalue weighted by Crippen LogP contribution is -2.55. The van der Waals surface area contributed by atoms with E-state index in [-0.39, 0.29) is 30.8 Å². The van der Waals surface area contributed by atoms with Crippen molar-refractivity contribution in [2.24, 2.45) is 0 Å². The maximum atomic E-state index is 12.4. The first kappa shape index (κ1) is 20.4. The Kier molecular flexibility index (Phi) is 8.18. The van der Waals surface area contributed by atoms with Crippen LogP contribution < -0.4 is 16.0 Å². The molecular weight excluding hydrogens is 330 g/mol. The SMILES string of the molecule is CCc1cccc(NC(=O)CNC(=O)C2(OC)CCNCC2)c1.Cl. The summed E-state index contributed by atoms with van der Waals surface area (Å²) < 4.78 is 5.44. The number of benzene rings is 1. The normalized spacial score (nSPS) is 15.9. The minimum absolute atomic E-state index is 0. The highest BCUT2D eigenvalue weighted by atomic mass is 35.5. The molecule has 1 aliphatic heterocycles. The van der Waals surface area contributed by atoms with Crippen LogP contribution in [0.15, 0.2) is 24.3 Å². The van der Waals surface area contributed by atoms with Crippen LogP contribution in [0.2, 0.25) is 0 Å². The molecule has 1 aromatic rings. The number of carbonyl (C=O) groups is 2. The second-order valence-corrected chi connectivity index (χ2v) is 5.73. The number of aryl methyl sites for hydroxylation is 1. The Hall–Kier alpha value is -1.63. The largest absolute Gasteiger partial charge is 0.368 e. The van der Waals surface area contributed by atoms with Gasteiger partial charge >= 0.3 is 0 Å². The fraction of sp³-hybridized carbons (Fsp3) is 0.529. The molecule has 1 heterocycles. The van der Waals surface area contributed by atoms with Crippen molar-refractivity contribution in [1.29, 1.82) is 0 Å². The lowest BCUT2D eigenvalue weighted by molar-refractivity contribution is -0.147. The highest BCUT2D eigenvalue weighted by molar-refractivity contribution is 5.96. The van der Waals surface area contributed by atoms with E-state index < -0.39 is 5.60 Å². The van der Waals surface area contributed by atoms with E-state index >= 15 is 0 Å². The van der Waals surface area contributed by atoms with E-state index in [9.17, 15) is 9.59 Å². The molecule has 0 spiro atoms. The molecule has 0 bridgehead atoms. The summed E-state index contributed by atoms with van der Waals surface area (Å²) >= 11 is 0. The maximum absolute atomic E-state index is 12.4. The van der Waals surface area contributed by atoms with E-state index in [2.05, 4.69) is 22.9 Å². The Morgan fingerprint density at radius 3 is 2.62 bits per heavy atom. The Morgan fingerprint density at radius 1 is 1.29 bits per heavy atom. The molecule has 0 unspecified atom stereocenters. The van der Waals surface area contributed by atoms with Gasteiger partial charge in [0, 0.05) is 12.8 Å². The second-order valence-electron chi connectivity index (χ2n) is 5.73. The summed E-state index contributed by atoms with van der Waals surface area (Å²) in [7, 11) is 1.54. The van der Waals surface area contributed by atoms with Crippen molar-refractivity contribution in [2.75, 3.05) is 32.1 Å². The van der Waals surface area contributed by atoms with Gasteiger partial charge in [0.2, 0.25) is 5.91 Å². The molecule has 24 heavy (non-hydrogen) atoms. The number of rotatable bonds is 6. The monoisotopic (exact) mass is 355 g/mol. The molecule has 1 fully saturated rings. The van der Waals surface area contributed by atoms with Gasteiger partial charge in [0.15, 0.2) is 0 Å². The molecule has 1 saturated heterocycles. The van der Waals surface area contributed by atoms with Crippen molar-refractivity contribution < 1.29 is 14.3 Å². The summed E-state index contributed by atoms with van der Waals surface area (Å²) in [5.41, 5.74) is 1.07. The van der Waals surface area contributed by atoms with Gasteiger partial charge in [-0.15, -0.1) is 12.4 Å². The van der Waals surface area contributed by atoms with Crippen LogP contribution in [0.1, 0.15) is 25.3 Å². The van der Waals surface area contributed by atoms with Crippen LogP contribution in [0.5, 0.6) is 0 Å². The number of piperidine rings is 1. The van der Waals surface area contributed by atoms with Crippen molar-refractivity contribution in [1.82, 2.24) is 10.6 Å². The van der Waals surface area contributed by atoms with E-state index in [1.165, 1.54) is 0 Å². The van der Waals surface area contributed by atoms with Crippen LogP contribution in [0.25, 0.3) is 0 Å². The third-order valence-corrected chi connectivity index (χ3v) is 4.24. The summed E-state index contributed by atoms with van der Waals surface area (Å²) in [5, 5.41) is 8.69. The highest BCUT2D eigenvalue weighted by Gasteiger charge is 2.39. The van der Waals surface area contributed by atoms with E-state index in [4.69, 9.17) is 4.74 Å². The lowest BCUT2D eigenvalue weighted by atomic mass is 9.91. The lowest BCUT2D eigenvalue weighted by Gasteiger charge is -2.34. The van der Waals surface area contributed by atoms with Crippen molar-refractivity contribution >= 4 is 29.9 Å². The van der Waals surface area contributed by atoms with E-state index in [1.807, 2.05) is 24.3 Å². The summed E-state index contributed by atoms with van der Waals surface area (Å²) in [6.07, 6.45) is 2.12. The number of methoxy groups -OCH3 is 1. The number of ether oxygens (including phenoxy) is 1. The number of anilines is 1. The first-order valence-electron chi connectivity index (χ1n) is 8.02. The fourth-order valence-corrected chi connectivity index (χ4v) is 2.75. The van der Waals surface area contributed by atoms with E-state index in [0.29, 0.717) is 12.8 Å². The number of amides is 2. The number of carbonyl (C=O) groups excluding carboxylic acids is 2. The minimum Gasteiger partial charge on any atom is -0.368 e. The molecule has 1 aromatic carbocycles. The summed E-state index contributed by atoms with van der Waals surface area (Å²) in [6, 6.07) is 7.68. The number of halogens is 1. The fourth-order valence-electron chi connectivity index (χ4n) is 2.75. The first-order valence-corrected chi connectivity index (χ1v) is 8.02. The Morgan fingerprint density at radius 2 is 2.00 bits per heavy atom. The maximum Gasteiger partial charge on any atom is 0.252 e. The second kappa shape index (κ2) is 9.61. The molecular formula is C17H26ClN3O3. The van der Waals surface area contributed by atoms with E-state index in [1.54, 1.807) is 7.11 Å². The smallest absolute Gasteiger partial charge is 0.252 e. The third kappa shape index (κ3) is 5.19. The average molecular weight is 356 g/mol. The van der Waals surface area contributed by atoms with Crippen molar-refractivity contribution in [3.05, 3.63) is 29.8 Å². The molecule has 2 amide bonds. The van der Waals surface area contributed by atoms with Gasteiger partial charge in [0.25, 0.3) is 5.91 Å². The van der Waals surface area contributed by atoms with Crippen LogP contribution in [0, 0.1) is 0 Å². The van der Waals surface area contributed by atoms with Gasteiger partial charge < -0.3 is 20.7 Å². The van der Waals surface area contributed by atoms with Gasteiger partial charge in [0.05, 0.1) is 6.54 Å². The number of hydrogen-bond acceptors (Lipinski definition) is 4. The molecule has 0 atom stereocenters. The van der Waals surface area contributed by atoms with Crippen LogP contribution in [-0.4, -0.2) is 44.2 Å². The van der Waals surface area contributed by atoms with Crippen LogP contribution >= 0.6 is 12.4 Å². The zero-order chi connectivity index (χ0) is 16.7. The average Bonchev–Trinajstić information content (AvgIpc) is 2.60. The van der Waals surface area contributed by atoms with Crippen molar-refractivity contribution in [3.63, 3.8) is 0 Å². The predicted molar refractivity (Wildman–Crippen MR) is 96.6 cm³/mol. The van der Waals surface area contributed by atoms with Crippen molar-refractivity contribution in [3.8, 4) is 0 Å². The topological polar surface area (TPSA) is 79.5 Å². The highest BCUT2D eigenvalue weighted by Crippen LogP contribution is 2.22. The number of hydrogen-bond donors (Lipinski definition) is 3. The molecule has 2 rings (SSSR count). The molecule has 0 radical (unpaired) electrons. The Bertz CT molecular complexity index is 560. The Balaban J connectivity index is 0.00000288. The predicted octanol–water partition coefficient (Wildman–Crippen LogP) is 1.49. The van der Waals surface area contributed by atoms with Gasteiger partial charge in [-0.05, 0) is 50.0 Å². The Labute approximate surface area is 149 Å². The van der Waals surface area contributed by atoms with Gasteiger partial charge in [0.1, 0.15) is 5.60 Å². The van der Waals surface area contributed by atoms with Crippen molar-refractivity contribution in [2.45, 2.75) is 31.8 Å². The third-order valence-electron chi connectivity index (χ3n) is 4.24. The zero-order valence-electron chi connectivity index (χ0n) is 14.2. The number of nitrogens with one attached hydrogen (secondary N) is 3. The molecule has 0 aromatic heterocycles. The zero-order valence-corrected chi connectivity index (χ0v) is 15.0. The molecule has 134 valence electrons. The molecule has 6 nitrogen and oxygen atoms in total. The molecule has 1 aliphatic rings. The van der Waals surface area contributed by atoms with Gasteiger partial charge in [-0.1, -0.05) is 19.1 Å². The van der Waals surface area contributed by atoms with Crippen LogP contribution in [0.4, 0.5) is 5.69 Å². The first-order chi connectivity index (χ1) is 11.1. The standard InChI is InChI=1S/C17H25N3O3.ClH/c1-3-13-5-4-6-14(11-13)20-15(21)12-19-16(22)17(23-2)7-9-18-10-8-17;/h4-6,11,18H,3,7-10,12H2,1-2H3,(H,19,22)(H,20,21);1H.